The lowest BCUT2D eigenvalue weighted by Crippen LogP contribution is -2.47. The average molecular weight is 364 g/mol. The summed E-state index contributed by atoms with van der Waals surface area (Å²) in [5.41, 5.74) is 0.967. The Morgan fingerprint density at radius 2 is 2.15 bits per heavy atom. The van der Waals surface area contributed by atoms with E-state index in [9.17, 15) is 4.39 Å². The van der Waals surface area contributed by atoms with E-state index in [0.29, 0.717) is 19.8 Å². The van der Waals surface area contributed by atoms with Crippen molar-refractivity contribution in [2.24, 2.45) is 4.99 Å². The van der Waals surface area contributed by atoms with Crippen LogP contribution in [0.3, 0.4) is 0 Å². The van der Waals surface area contributed by atoms with Gasteiger partial charge in [-0.15, -0.1) is 0 Å². The summed E-state index contributed by atoms with van der Waals surface area (Å²) in [7, 11) is 1.76. The lowest BCUT2D eigenvalue weighted by atomic mass is 10.0. The van der Waals surface area contributed by atoms with E-state index in [1.807, 2.05) is 6.07 Å². The lowest BCUT2D eigenvalue weighted by Gasteiger charge is -2.35. The van der Waals surface area contributed by atoms with Crippen molar-refractivity contribution in [1.29, 1.82) is 0 Å². The van der Waals surface area contributed by atoms with Crippen LogP contribution < -0.4 is 10.6 Å². The first-order chi connectivity index (χ1) is 12.8. The van der Waals surface area contributed by atoms with Gasteiger partial charge in [0, 0.05) is 39.8 Å². The van der Waals surface area contributed by atoms with Gasteiger partial charge in [-0.1, -0.05) is 12.1 Å². The van der Waals surface area contributed by atoms with Crippen LogP contribution in [0, 0.1) is 5.82 Å². The van der Waals surface area contributed by atoms with Crippen molar-refractivity contribution in [3.05, 3.63) is 35.6 Å². The first kappa shape index (κ1) is 19.1. The molecule has 26 heavy (non-hydrogen) atoms. The summed E-state index contributed by atoms with van der Waals surface area (Å²) in [4.78, 5) is 6.63. The molecular formula is C19H29FN4O2. The van der Waals surface area contributed by atoms with Gasteiger partial charge in [-0.05, 0) is 30.5 Å². The summed E-state index contributed by atoms with van der Waals surface area (Å²) >= 11 is 0. The highest BCUT2D eigenvalue weighted by Crippen LogP contribution is 2.22. The zero-order chi connectivity index (χ0) is 18.2. The number of hydrogen-bond donors (Lipinski definition) is 2. The third-order valence-corrected chi connectivity index (χ3v) is 4.93. The van der Waals surface area contributed by atoms with E-state index >= 15 is 0 Å². The Morgan fingerprint density at radius 1 is 1.31 bits per heavy atom. The van der Waals surface area contributed by atoms with E-state index in [1.54, 1.807) is 19.2 Å². The second kappa shape index (κ2) is 9.85. The maximum absolute atomic E-state index is 13.7. The zero-order valence-electron chi connectivity index (χ0n) is 15.4. The summed E-state index contributed by atoms with van der Waals surface area (Å²) in [6.45, 7) is 5.33. The van der Waals surface area contributed by atoms with Crippen molar-refractivity contribution < 1.29 is 13.9 Å². The molecule has 2 unspecified atom stereocenters. The van der Waals surface area contributed by atoms with Crippen molar-refractivity contribution >= 4 is 5.96 Å². The molecule has 2 heterocycles. The standard InChI is InChI=1S/C19H29FN4O2/c1-21-19(22-13-17-6-3-9-26-17)23-14-18(24-7-10-25-11-8-24)15-4-2-5-16(20)12-15/h2,4-5,12,17-18H,3,6-11,13-14H2,1H3,(H2,21,22,23). The van der Waals surface area contributed by atoms with Crippen molar-refractivity contribution in [3.63, 3.8) is 0 Å². The molecule has 0 aliphatic carbocycles. The van der Waals surface area contributed by atoms with Crippen molar-refractivity contribution in [2.75, 3.05) is 53.0 Å². The third kappa shape index (κ3) is 5.40. The van der Waals surface area contributed by atoms with Crippen LogP contribution in [0.15, 0.2) is 29.3 Å². The Labute approximate surface area is 154 Å². The Kier molecular flexibility index (Phi) is 7.22. The maximum Gasteiger partial charge on any atom is 0.191 e. The third-order valence-electron chi connectivity index (χ3n) is 4.93. The molecule has 144 valence electrons. The molecule has 2 N–H and O–H groups in total. The van der Waals surface area contributed by atoms with E-state index < -0.39 is 0 Å². The smallest absolute Gasteiger partial charge is 0.191 e. The lowest BCUT2D eigenvalue weighted by molar-refractivity contribution is 0.0169. The fraction of sp³-hybridized carbons (Fsp3) is 0.632. The van der Waals surface area contributed by atoms with Crippen LogP contribution in [-0.2, 0) is 9.47 Å². The molecule has 6 nitrogen and oxygen atoms in total. The number of nitrogens with one attached hydrogen (secondary N) is 2. The minimum absolute atomic E-state index is 0.0656. The average Bonchev–Trinajstić information content (AvgIpc) is 3.19. The van der Waals surface area contributed by atoms with Gasteiger partial charge in [0.2, 0.25) is 0 Å². The monoisotopic (exact) mass is 364 g/mol. The second-order valence-corrected chi connectivity index (χ2v) is 6.69. The number of guanidine groups is 1. The summed E-state index contributed by atoms with van der Waals surface area (Å²) in [6, 6.07) is 6.91. The van der Waals surface area contributed by atoms with Crippen molar-refractivity contribution in [2.45, 2.75) is 25.0 Å². The fourth-order valence-electron chi connectivity index (χ4n) is 3.49. The highest BCUT2D eigenvalue weighted by atomic mass is 19.1. The second-order valence-electron chi connectivity index (χ2n) is 6.69. The first-order valence-electron chi connectivity index (χ1n) is 9.39. The quantitative estimate of drug-likeness (QED) is 0.592. The fourth-order valence-corrected chi connectivity index (χ4v) is 3.49. The first-order valence-corrected chi connectivity index (χ1v) is 9.39. The summed E-state index contributed by atoms with van der Waals surface area (Å²) < 4.78 is 24.8. The Hall–Kier alpha value is -1.70. The van der Waals surface area contributed by atoms with Crippen LogP contribution in [0.25, 0.3) is 0 Å². The van der Waals surface area contributed by atoms with Crippen LogP contribution in [-0.4, -0.2) is 70.0 Å². The van der Waals surface area contributed by atoms with Crippen LogP contribution in [0.4, 0.5) is 4.39 Å². The minimum Gasteiger partial charge on any atom is -0.379 e. The summed E-state index contributed by atoms with van der Waals surface area (Å²) in [5, 5.41) is 6.72. The van der Waals surface area contributed by atoms with E-state index in [2.05, 4.69) is 20.5 Å². The summed E-state index contributed by atoms with van der Waals surface area (Å²) in [5.74, 6) is 0.539. The molecule has 2 saturated heterocycles. The number of aliphatic imine (C=N–C) groups is 1. The maximum atomic E-state index is 13.7. The molecule has 0 spiro atoms. The molecule has 7 heteroatoms. The molecule has 0 saturated carbocycles. The largest absolute Gasteiger partial charge is 0.379 e. The molecule has 1 aromatic rings. The van der Waals surface area contributed by atoms with Crippen LogP contribution >= 0.6 is 0 Å². The molecule has 2 atom stereocenters. The molecule has 1 aromatic carbocycles. The van der Waals surface area contributed by atoms with Gasteiger partial charge >= 0.3 is 0 Å². The van der Waals surface area contributed by atoms with Gasteiger partial charge in [0.15, 0.2) is 5.96 Å². The highest BCUT2D eigenvalue weighted by Gasteiger charge is 2.23. The van der Waals surface area contributed by atoms with Gasteiger partial charge in [0.25, 0.3) is 0 Å². The Bertz CT molecular complexity index is 587. The van der Waals surface area contributed by atoms with Crippen LogP contribution in [0.1, 0.15) is 24.4 Å². The minimum atomic E-state index is -0.207. The number of nitrogens with zero attached hydrogens (tertiary/aromatic N) is 2. The van der Waals surface area contributed by atoms with Gasteiger partial charge in [-0.2, -0.15) is 0 Å². The highest BCUT2D eigenvalue weighted by molar-refractivity contribution is 5.79. The van der Waals surface area contributed by atoms with E-state index in [0.717, 1.165) is 50.6 Å². The van der Waals surface area contributed by atoms with Crippen molar-refractivity contribution in [3.8, 4) is 0 Å². The molecule has 2 fully saturated rings. The number of benzene rings is 1. The number of halogens is 1. The molecule has 0 bridgehead atoms. The van der Waals surface area contributed by atoms with Crippen molar-refractivity contribution in [1.82, 2.24) is 15.5 Å². The number of hydrogen-bond acceptors (Lipinski definition) is 4. The molecule has 2 aliphatic rings. The van der Waals surface area contributed by atoms with Gasteiger partial charge in [-0.25, -0.2) is 4.39 Å². The molecule has 0 radical (unpaired) electrons. The normalized spacial score (nSPS) is 23.0. The number of ether oxygens (including phenoxy) is 2. The van der Waals surface area contributed by atoms with E-state index in [4.69, 9.17) is 9.47 Å². The molecule has 2 aliphatic heterocycles. The zero-order valence-corrected chi connectivity index (χ0v) is 15.4. The van der Waals surface area contributed by atoms with Gasteiger partial charge in [0.1, 0.15) is 5.82 Å². The number of rotatable bonds is 6. The van der Waals surface area contributed by atoms with Gasteiger partial charge in [0.05, 0.1) is 25.4 Å². The molecular weight excluding hydrogens is 335 g/mol. The number of morpholine rings is 1. The van der Waals surface area contributed by atoms with Gasteiger partial charge < -0.3 is 20.1 Å². The van der Waals surface area contributed by atoms with E-state index in [-0.39, 0.29) is 18.0 Å². The predicted octanol–water partition coefficient (Wildman–Crippen LogP) is 1.54. The summed E-state index contributed by atoms with van der Waals surface area (Å²) in [6.07, 6.45) is 2.47. The van der Waals surface area contributed by atoms with Crippen LogP contribution in [0.5, 0.6) is 0 Å². The Balaban J connectivity index is 1.60. The molecule has 3 rings (SSSR count). The van der Waals surface area contributed by atoms with Gasteiger partial charge in [-0.3, -0.25) is 9.89 Å². The topological polar surface area (TPSA) is 58.1 Å². The Morgan fingerprint density at radius 3 is 2.85 bits per heavy atom. The predicted molar refractivity (Wildman–Crippen MR) is 99.9 cm³/mol. The van der Waals surface area contributed by atoms with E-state index in [1.165, 1.54) is 6.07 Å². The van der Waals surface area contributed by atoms with Crippen LogP contribution in [0.2, 0.25) is 0 Å². The SMILES string of the molecule is CN=C(NCC1CCCO1)NCC(c1cccc(F)c1)N1CCOCC1. The molecule has 0 aromatic heterocycles. The molecule has 0 amide bonds.